The number of carbonyl (C=O) groups excluding carboxylic acids is 1. The molecule has 0 aromatic heterocycles. The Balaban J connectivity index is 1.75. The van der Waals surface area contributed by atoms with Crippen molar-refractivity contribution < 1.29 is 19.4 Å². The highest BCUT2D eigenvalue weighted by atomic mass is 16.6. The fraction of sp³-hybridized carbons (Fsp3) is 0.0500. The molecule has 0 atom stereocenters. The quantitative estimate of drug-likeness (QED) is 0.470. The zero-order valence-corrected chi connectivity index (χ0v) is 15.0. The molecule has 0 aliphatic heterocycles. The molecule has 0 saturated heterocycles. The summed E-state index contributed by atoms with van der Waals surface area (Å²) in [5.41, 5.74) is -0.0504. The van der Waals surface area contributed by atoms with E-state index in [1.165, 1.54) is 0 Å². The van der Waals surface area contributed by atoms with Crippen LogP contribution in [0.5, 0.6) is 5.75 Å². The van der Waals surface area contributed by atoms with Gasteiger partial charge in [-0.1, -0.05) is 36.4 Å². The smallest absolute Gasteiger partial charge is 0.289 e. The minimum atomic E-state index is -0.832. The van der Waals surface area contributed by atoms with Gasteiger partial charge >= 0.3 is 0 Å². The van der Waals surface area contributed by atoms with E-state index < -0.39 is 27.1 Å². The third kappa shape index (κ3) is 4.92. The molecule has 1 amide bonds. The van der Waals surface area contributed by atoms with Gasteiger partial charge in [-0.15, -0.1) is 0 Å². The van der Waals surface area contributed by atoms with Gasteiger partial charge in [-0.05, 0) is 23.8 Å². The zero-order chi connectivity index (χ0) is 20.8. The standard InChI is InChI=1S/C20H15N3O6/c24-20(18-10-9-16(22(25)26)12-19(18)23(27)28)21-15-7-4-8-17(11-15)29-13-14-5-2-1-3-6-14/h1-12H,13H2,(H,21,24). The predicted molar refractivity (Wildman–Crippen MR) is 105 cm³/mol. The van der Waals surface area contributed by atoms with Crippen LogP contribution in [0.3, 0.4) is 0 Å². The molecule has 9 heteroatoms. The van der Waals surface area contributed by atoms with Gasteiger partial charge in [0.05, 0.1) is 15.9 Å². The molecule has 29 heavy (non-hydrogen) atoms. The van der Waals surface area contributed by atoms with Crippen LogP contribution in [0.2, 0.25) is 0 Å². The normalized spacial score (nSPS) is 10.2. The lowest BCUT2D eigenvalue weighted by Crippen LogP contribution is -2.14. The fourth-order valence-electron chi connectivity index (χ4n) is 2.58. The number of carbonyl (C=O) groups is 1. The molecular weight excluding hydrogens is 378 g/mol. The molecule has 0 saturated carbocycles. The largest absolute Gasteiger partial charge is 0.489 e. The van der Waals surface area contributed by atoms with E-state index >= 15 is 0 Å². The third-order valence-electron chi connectivity index (χ3n) is 3.97. The number of nitro benzene ring substituents is 2. The molecule has 3 aromatic carbocycles. The van der Waals surface area contributed by atoms with Crippen LogP contribution in [0.15, 0.2) is 72.8 Å². The minimum Gasteiger partial charge on any atom is -0.489 e. The topological polar surface area (TPSA) is 125 Å². The van der Waals surface area contributed by atoms with Gasteiger partial charge in [-0.25, -0.2) is 0 Å². The lowest BCUT2D eigenvalue weighted by Gasteiger charge is -2.09. The molecular formula is C20H15N3O6. The Bertz CT molecular complexity index is 1070. The fourth-order valence-corrected chi connectivity index (χ4v) is 2.58. The van der Waals surface area contributed by atoms with Crippen molar-refractivity contribution in [2.75, 3.05) is 5.32 Å². The van der Waals surface area contributed by atoms with Crippen molar-refractivity contribution >= 4 is 23.0 Å². The summed E-state index contributed by atoms with van der Waals surface area (Å²) in [5, 5.41) is 24.6. The monoisotopic (exact) mass is 393 g/mol. The molecule has 0 heterocycles. The number of rotatable bonds is 7. The van der Waals surface area contributed by atoms with E-state index in [1.54, 1.807) is 24.3 Å². The summed E-state index contributed by atoms with van der Waals surface area (Å²) in [7, 11) is 0. The van der Waals surface area contributed by atoms with Gasteiger partial charge in [-0.3, -0.25) is 25.0 Å². The average molecular weight is 393 g/mol. The lowest BCUT2D eigenvalue weighted by atomic mass is 10.1. The number of nitrogens with zero attached hydrogens (tertiary/aromatic N) is 2. The molecule has 9 nitrogen and oxygen atoms in total. The van der Waals surface area contributed by atoms with Gasteiger partial charge in [0.25, 0.3) is 17.3 Å². The van der Waals surface area contributed by atoms with Gasteiger partial charge in [0.1, 0.15) is 17.9 Å². The Kier molecular flexibility index (Phi) is 5.79. The van der Waals surface area contributed by atoms with E-state index in [0.717, 1.165) is 23.8 Å². The summed E-state index contributed by atoms with van der Waals surface area (Å²) in [6.45, 7) is 0.339. The lowest BCUT2D eigenvalue weighted by molar-refractivity contribution is -0.394. The molecule has 0 spiro atoms. The van der Waals surface area contributed by atoms with Gasteiger partial charge in [0.2, 0.25) is 0 Å². The van der Waals surface area contributed by atoms with E-state index in [9.17, 15) is 25.0 Å². The number of hydrogen-bond donors (Lipinski definition) is 1. The van der Waals surface area contributed by atoms with E-state index in [-0.39, 0.29) is 5.56 Å². The second kappa shape index (κ2) is 8.61. The Morgan fingerprint density at radius 2 is 1.66 bits per heavy atom. The maximum atomic E-state index is 12.5. The maximum absolute atomic E-state index is 12.5. The first-order chi connectivity index (χ1) is 13.9. The Morgan fingerprint density at radius 1 is 0.897 bits per heavy atom. The van der Waals surface area contributed by atoms with Crippen molar-refractivity contribution in [1.82, 2.24) is 0 Å². The van der Waals surface area contributed by atoms with Crippen molar-refractivity contribution in [3.8, 4) is 5.75 Å². The number of nitrogens with one attached hydrogen (secondary N) is 1. The van der Waals surface area contributed by atoms with Crippen LogP contribution in [0, 0.1) is 20.2 Å². The van der Waals surface area contributed by atoms with Crippen LogP contribution in [0.25, 0.3) is 0 Å². The van der Waals surface area contributed by atoms with E-state index in [1.807, 2.05) is 30.3 Å². The summed E-state index contributed by atoms with van der Waals surface area (Å²) in [5.74, 6) is -0.253. The highest BCUT2D eigenvalue weighted by Gasteiger charge is 2.24. The molecule has 1 N–H and O–H groups in total. The minimum absolute atomic E-state index is 0.281. The zero-order valence-electron chi connectivity index (χ0n) is 15.0. The van der Waals surface area contributed by atoms with Crippen LogP contribution in [-0.4, -0.2) is 15.8 Å². The highest BCUT2D eigenvalue weighted by molar-refractivity contribution is 6.07. The van der Waals surface area contributed by atoms with E-state index in [0.29, 0.717) is 18.0 Å². The summed E-state index contributed by atoms with van der Waals surface area (Å²) in [6, 6.07) is 18.9. The van der Waals surface area contributed by atoms with Crippen molar-refractivity contribution in [3.05, 3.63) is 104 Å². The number of ether oxygens (including phenoxy) is 1. The Hall–Kier alpha value is -4.27. The maximum Gasteiger partial charge on any atom is 0.289 e. The predicted octanol–water partition coefficient (Wildman–Crippen LogP) is 4.33. The van der Waals surface area contributed by atoms with Gasteiger partial charge in [-0.2, -0.15) is 0 Å². The van der Waals surface area contributed by atoms with E-state index in [4.69, 9.17) is 4.74 Å². The van der Waals surface area contributed by atoms with Crippen LogP contribution >= 0.6 is 0 Å². The molecule has 0 aliphatic rings. The number of non-ortho nitro benzene ring substituents is 1. The third-order valence-corrected chi connectivity index (χ3v) is 3.97. The first-order valence-electron chi connectivity index (χ1n) is 8.45. The second-order valence-electron chi connectivity index (χ2n) is 5.97. The molecule has 3 rings (SSSR count). The summed E-state index contributed by atoms with van der Waals surface area (Å²) >= 11 is 0. The molecule has 0 radical (unpaired) electrons. The molecule has 0 fully saturated rings. The molecule has 3 aromatic rings. The summed E-state index contributed by atoms with van der Waals surface area (Å²) < 4.78 is 5.69. The van der Waals surface area contributed by atoms with Gasteiger partial charge in [0, 0.05) is 17.8 Å². The van der Waals surface area contributed by atoms with Crippen molar-refractivity contribution in [2.24, 2.45) is 0 Å². The van der Waals surface area contributed by atoms with Crippen LogP contribution in [0.4, 0.5) is 17.1 Å². The van der Waals surface area contributed by atoms with Crippen LogP contribution in [-0.2, 0) is 6.61 Å². The van der Waals surface area contributed by atoms with Gasteiger partial charge < -0.3 is 10.1 Å². The SMILES string of the molecule is O=C(Nc1cccc(OCc2ccccc2)c1)c1ccc([N+](=O)[O-])cc1[N+](=O)[O-]. The number of anilines is 1. The number of amides is 1. The molecule has 146 valence electrons. The first kappa shape index (κ1) is 19.5. The summed E-state index contributed by atoms with van der Waals surface area (Å²) in [4.78, 5) is 32.9. The summed E-state index contributed by atoms with van der Waals surface area (Å²) in [6.07, 6.45) is 0. The molecule has 0 unspecified atom stereocenters. The van der Waals surface area contributed by atoms with E-state index in [2.05, 4.69) is 5.32 Å². The number of benzene rings is 3. The van der Waals surface area contributed by atoms with Crippen LogP contribution < -0.4 is 10.1 Å². The van der Waals surface area contributed by atoms with Crippen molar-refractivity contribution in [1.29, 1.82) is 0 Å². The Morgan fingerprint density at radius 3 is 2.34 bits per heavy atom. The molecule has 0 bridgehead atoms. The van der Waals surface area contributed by atoms with Crippen molar-refractivity contribution in [2.45, 2.75) is 6.61 Å². The molecule has 0 aliphatic carbocycles. The average Bonchev–Trinajstić information content (AvgIpc) is 2.72. The number of hydrogen-bond acceptors (Lipinski definition) is 6. The second-order valence-corrected chi connectivity index (χ2v) is 5.97. The Labute approximate surface area is 164 Å². The first-order valence-corrected chi connectivity index (χ1v) is 8.45. The number of nitro groups is 2. The van der Waals surface area contributed by atoms with Crippen molar-refractivity contribution in [3.63, 3.8) is 0 Å². The van der Waals surface area contributed by atoms with Gasteiger partial charge in [0.15, 0.2) is 0 Å². The highest BCUT2D eigenvalue weighted by Crippen LogP contribution is 2.26. The van der Waals surface area contributed by atoms with Crippen LogP contribution in [0.1, 0.15) is 15.9 Å².